The van der Waals surface area contributed by atoms with E-state index in [2.05, 4.69) is 11.4 Å². The Kier molecular flexibility index (Phi) is 7.77. The minimum Gasteiger partial charge on any atom is -0.333 e. The zero-order valence-electron chi connectivity index (χ0n) is 22.9. The third-order valence-corrected chi connectivity index (χ3v) is 8.66. The Hall–Kier alpha value is -4.11. The molecule has 2 heterocycles. The second-order valence-corrected chi connectivity index (χ2v) is 11.3. The van der Waals surface area contributed by atoms with Crippen LogP contribution in [0.5, 0.6) is 0 Å². The van der Waals surface area contributed by atoms with Gasteiger partial charge in [-0.1, -0.05) is 102 Å². The normalized spacial score (nSPS) is 18.8. The monoisotopic (exact) mass is 601 g/mol. The minimum atomic E-state index is -0.801. The zero-order valence-corrected chi connectivity index (χ0v) is 24.4. The van der Waals surface area contributed by atoms with Crippen LogP contribution in [-0.2, 0) is 22.7 Å². The van der Waals surface area contributed by atoms with Crippen LogP contribution in [0.25, 0.3) is 10.8 Å². The molecule has 1 N–H and O–H groups in total. The molecule has 0 spiro atoms. The van der Waals surface area contributed by atoms with Crippen LogP contribution in [0.1, 0.15) is 22.7 Å². The summed E-state index contributed by atoms with van der Waals surface area (Å²) in [5.74, 6) is -0.358. The lowest BCUT2D eigenvalue weighted by Crippen LogP contribution is -2.62. The Bertz CT molecular complexity index is 1660. The van der Waals surface area contributed by atoms with Crippen LogP contribution in [0.4, 0.5) is 4.79 Å². The molecule has 2 fully saturated rings. The Morgan fingerprint density at radius 3 is 2.45 bits per heavy atom. The van der Waals surface area contributed by atoms with Gasteiger partial charge in [0.1, 0.15) is 12.2 Å². The Labute approximate surface area is 254 Å². The summed E-state index contributed by atoms with van der Waals surface area (Å²) in [6.45, 7) is 0.833. The second-order valence-electron chi connectivity index (χ2n) is 10.5. The number of hydrazine groups is 1. The van der Waals surface area contributed by atoms with E-state index in [0.29, 0.717) is 16.6 Å². The average molecular weight is 603 g/mol. The summed E-state index contributed by atoms with van der Waals surface area (Å²) in [6, 6.07) is 27.5. The van der Waals surface area contributed by atoms with Gasteiger partial charge in [-0.25, -0.2) is 4.79 Å². The fraction of sp³-hybridized carbons (Fsp3) is 0.219. The molecule has 0 aromatic heterocycles. The van der Waals surface area contributed by atoms with Crippen molar-refractivity contribution in [1.29, 1.82) is 0 Å². The third kappa shape index (κ3) is 5.29. The van der Waals surface area contributed by atoms with Crippen molar-refractivity contribution < 1.29 is 14.4 Å². The van der Waals surface area contributed by atoms with Crippen LogP contribution in [0.2, 0.25) is 10.0 Å². The largest absolute Gasteiger partial charge is 0.333 e. The molecule has 10 heteroatoms. The van der Waals surface area contributed by atoms with Gasteiger partial charge < -0.3 is 15.1 Å². The summed E-state index contributed by atoms with van der Waals surface area (Å²) in [5, 5.41) is 9.05. The van der Waals surface area contributed by atoms with E-state index in [1.807, 2.05) is 66.7 Å². The minimum absolute atomic E-state index is 0.0277. The first-order valence-electron chi connectivity index (χ1n) is 13.7. The molecule has 8 nitrogen and oxygen atoms in total. The maximum absolute atomic E-state index is 14.1. The van der Waals surface area contributed by atoms with E-state index in [1.165, 1.54) is 5.01 Å². The van der Waals surface area contributed by atoms with E-state index in [4.69, 9.17) is 23.2 Å². The lowest BCUT2D eigenvalue weighted by molar-refractivity contribution is -0.157. The number of urea groups is 1. The average Bonchev–Trinajstić information content (AvgIpc) is 3.33. The molecule has 2 aliphatic heterocycles. The Morgan fingerprint density at radius 1 is 0.929 bits per heavy atom. The number of amides is 4. The van der Waals surface area contributed by atoms with Crippen molar-refractivity contribution in [2.75, 3.05) is 20.1 Å². The van der Waals surface area contributed by atoms with Gasteiger partial charge in [0.15, 0.2) is 0 Å². The quantitative estimate of drug-likeness (QED) is 0.318. The molecule has 0 bridgehead atoms. The fourth-order valence-electron chi connectivity index (χ4n) is 5.79. The summed E-state index contributed by atoms with van der Waals surface area (Å²) in [6.07, 6.45) is -0.531. The number of hydrogen-bond acceptors (Lipinski definition) is 4. The first-order chi connectivity index (χ1) is 20.3. The van der Waals surface area contributed by atoms with Crippen LogP contribution >= 0.6 is 23.2 Å². The van der Waals surface area contributed by atoms with Crippen LogP contribution in [0, 0.1) is 0 Å². The number of piperazine rings is 1. The smallest absolute Gasteiger partial charge is 0.332 e. The highest BCUT2D eigenvalue weighted by atomic mass is 35.5. The van der Waals surface area contributed by atoms with Gasteiger partial charge in [-0.05, 0) is 39.6 Å². The summed E-state index contributed by atoms with van der Waals surface area (Å²) >= 11 is 12.1. The number of halogens is 2. The van der Waals surface area contributed by atoms with Gasteiger partial charge in [-0.3, -0.25) is 14.6 Å². The van der Waals surface area contributed by atoms with Crippen molar-refractivity contribution in [3.8, 4) is 0 Å². The van der Waals surface area contributed by atoms with Gasteiger partial charge >= 0.3 is 6.03 Å². The first-order valence-corrected chi connectivity index (χ1v) is 14.4. The second kappa shape index (κ2) is 11.6. The number of nitrogens with one attached hydrogen (secondary N) is 1. The molecule has 42 heavy (non-hydrogen) atoms. The molecule has 0 radical (unpaired) electrons. The molecule has 6 rings (SSSR count). The van der Waals surface area contributed by atoms with Crippen LogP contribution < -0.4 is 5.32 Å². The highest BCUT2D eigenvalue weighted by Gasteiger charge is 2.52. The maximum Gasteiger partial charge on any atom is 0.332 e. The molecule has 214 valence electrons. The molecular formula is C32H29Cl2N5O3. The molecule has 0 aliphatic carbocycles. The standard InChI is InChI=1S/C32H29Cl2N5O3/c1-36(32(42)35-17-21-14-15-26(33)27(34)16-21)38-20-29(40)39-28(38)19-37(31(41)30(39)23-9-3-2-4-10-23)18-24-12-7-11-22-8-5-6-13-25(22)24/h2-16,28,30H,17-20H2,1H3,(H,35,42)/t28-,30+/m1/s1. The van der Waals surface area contributed by atoms with E-state index in [0.717, 1.165) is 27.5 Å². The van der Waals surface area contributed by atoms with Crippen LogP contribution in [-0.4, -0.2) is 64.0 Å². The van der Waals surface area contributed by atoms with Crippen molar-refractivity contribution in [1.82, 2.24) is 25.1 Å². The Morgan fingerprint density at radius 2 is 1.67 bits per heavy atom. The molecule has 4 aromatic rings. The predicted octanol–water partition coefficient (Wildman–Crippen LogP) is 5.46. The predicted molar refractivity (Wildman–Crippen MR) is 162 cm³/mol. The van der Waals surface area contributed by atoms with E-state index >= 15 is 0 Å². The van der Waals surface area contributed by atoms with Gasteiger partial charge in [-0.2, -0.15) is 5.01 Å². The van der Waals surface area contributed by atoms with Crippen molar-refractivity contribution >= 4 is 51.8 Å². The summed E-state index contributed by atoms with van der Waals surface area (Å²) in [4.78, 5) is 44.3. The highest BCUT2D eigenvalue weighted by molar-refractivity contribution is 6.42. The number of benzene rings is 4. The summed E-state index contributed by atoms with van der Waals surface area (Å²) < 4.78 is 0. The number of fused-ring (bicyclic) bond motifs is 2. The number of carbonyl (C=O) groups is 3. The van der Waals surface area contributed by atoms with Gasteiger partial charge in [0.25, 0.3) is 5.91 Å². The van der Waals surface area contributed by atoms with Gasteiger partial charge in [-0.15, -0.1) is 0 Å². The number of carbonyl (C=O) groups excluding carboxylic acids is 3. The van der Waals surface area contributed by atoms with E-state index in [1.54, 1.807) is 40.1 Å². The Balaban J connectivity index is 1.28. The number of hydrogen-bond donors (Lipinski definition) is 1. The van der Waals surface area contributed by atoms with Crippen molar-refractivity contribution in [3.05, 3.63) is 118 Å². The highest BCUT2D eigenvalue weighted by Crippen LogP contribution is 2.36. The van der Waals surface area contributed by atoms with Gasteiger partial charge in [0.05, 0.1) is 23.1 Å². The third-order valence-electron chi connectivity index (χ3n) is 7.92. The molecule has 4 amide bonds. The topological polar surface area (TPSA) is 76.2 Å². The van der Waals surface area contributed by atoms with E-state index in [9.17, 15) is 14.4 Å². The van der Waals surface area contributed by atoms with Crippen LogP contribution in [0.15, 0.2) is 91.0 Å². The lowest BCUT2D eigenvalue weighted by Gasteiger charge is -2.46. The number of rotatable bonds is 6. The molecule has 2 saturated heterocycles. The maximum atomic E-state index is 14.1. The van der Waals surface area contributed by atoms with Crippen molar-refractivity contribution in [2.24, 2.45) is 0 Å². The molecule has 0 saturated carbocycles. The van der Waals surface area contributed by atoms with Gasteiger partial charge in [0.2, 0.25) is 5.91 Å². The fourth-order valence-corrected chi connectivity index (χ4v) is 6.11. The molecule has 0 unspecified atom stereocenters. The van der Waals surface area contributed by atoms with Crippen LogP contribution in [0.3, 0.4) is 0 Å². The van der Waals surface area contributed by atoms with Crippen molar-refractivity contribution in [3.63, 3.8) is 0 Å². The SMILES string of the molecule is CN(C(=O)NCc1ccc(Cl)c(Cl)c1)N1CC(=O)N2[C@@H](c3ccccc3)C(=O)N(Cc3cccc4ccccc34)C[C@@H]21. The van der Waals surface area contributed by atoms with Gasteiger partial charge in [0, 0.05) is 20.1 Å². The summed E-state index contributed by atoms with van der Waals surface area (Å²) in [5.41, 5.74) is 2.54. The number of nitrogens with zero attached hydrogens (tertiary/aromatic N) is 4. The van der Waals surface area contributed by atoms with E-state index in [-0.39, 0.29) is 37.5 Å². The summed E-state index contributed by atoms with van der Waals surface area (Å²) in [7, 11) is 1.63. The first kappa shape index (κ1) is 28.0. The lowest BCUT2D eigenvalue weighted by atomic mass is 9.99. The van der Waals surface area contributed by atoms with Crippen molar-refractivity contribution in [2.45, 2.75) is 25.3 Å². The zero-order chi connectivity index (χ0) is 29.4. The molecule has 4 aromatic carbocycles. The molecular weight excluding hydrogens is 573 g/mol. The molecule has 2 aliphatic rings. The van der Waals surface area contributed by atoms with E-state index < -0.39 is 12.2 Å². The molecule has 2 atom stereocenters.